The number of halogens is 1. The van der Waals surface area contributed by atoms with E-state index in [4.69, 9.17) is 4.74 Å². The minimum absolute atomic E-state index is 0.00402. The van der Waals surface area contributed by atoms with E-state index in [2.05, 4.69) is 20.6 Å². The van der Waals surface area contributed by atoms with Crippen LogP contribution in [-0.2, 0) is 4.74 Å². The summed E-state index contributed by atoms with van der Waals surface area (Å²) in [5, 5.41) is 5.43. The molecule has 1 aliphatic rings. The van der Waals surface area contributed by atoms with Gasteiger partial charge in [0.1, 0.15) is 11.5 Å². The summed E-state index contributed by atoms with van der Waals surface area (Å²) in [5.74, 6) is -1.62. The summed E-state index contributed by atoms with van der Waals surface area (Å²) in [6.45, 7) is 3.45. The third-order valence-electron chi connectivity index (χ3n) is 5.20. The fourth-order valence-corrected chi connectivity index (χ4v) is 3.46. The lowest BCUT2D eigenvalue weighted by Crippen LogP contribution is -2.41. The number of aryl methyl sites for hydroxylation is 1. The number of rotatable bonds is 5. The Morgan fingerprint density at radius 1 is 1.00 bits per heavy atom. The van der Waals surface area contributed by atoms with E-state index in [1.807, 2.05) is 0 Å². The number of nitrogens with zero attached hydrogens (tertiary/aromatic N) is 2. The van der Waals surface area contributed by atoms with Crippen LogP contribution in [0.4, 0.5) is 15.8 Å². The van der Waals surface area contributed by atoms with E-state index in [9.17, 15) is 18.8 Å². The minimum atomic E-state index is -0.536. The molecule has 0 radical (unpaired) electrons. The molecule has 0 atom stereocenters. The molecular formula is C23H22FN5O4. The van der Waals surface area contributed by atoms with Crippen LogP contribution in [0.25, 0.3) is 0 Å². The zero-order valence-electron chi connectivity index (χ0n) is 17.9. The number of benzene rings is 2. The third-order valence-corrected chi connectivity index (χ3v) is 5.20. The molecule has 3 amide bonds. The molecule has 1 aliphatic heterocycles. The van der Waals surface area contributed by atoms with Crippen molar-refractivity contribution in [1.29, 1.82) is 0 Å². The second-order valence-electron chi connectivity index (χ2n) is 7.48. The van der Waals surface area contributed by atoms with Gasteiger partial charge in [-0.05, 0) is 55.0 Å². The maximum absolute atomic E-state index is 13.3. The number of nitrogens with one attached hydrogen (secondary N) is 3. The molecule has 4 rings (SSSR count). The summed E-state index contributed by atoms with van der Waals surface area (Å²) in [7, 11) is 0. The summed E-state index contributed by atoms with van der Waals surface area (Å²) in [6.07, 6.45) is 1.30. The van der Waals surface area contributed by atoms with Crippen molar-refractivity contribution in [2.45, 2.75) is 6.92 Å². The quantitative estimate of drug-likeness (QED) is 0.552. The summed E-state index contributed by atoms with van der Waals surface area (Å²) >= 11 is 0. The van der Waals surface area contributed by atoms with Crippen LogP contribution in [0.3, 0.4) is 0 Å². The zero-order valence-corrected chi connectivity index (χ0v) is 17.9. The molecule has 2 aromatic carbocycles. The summed E-state index contributed by atoms with van der Waals surface area (Å²) in [4.78, 5) is 46.2. The van der Waals surface area contributed by atoms with Crippen molar-refractivity contribution in [3.63, 3.8) is 0 Å². The average Bonchev–Trinajstić information content (AvgIpc) is 3.30. The van der Waals surface area contributed by atoms with Crippen LogP contribution >= 0.6 is 0 Å². The van der Waals surface area contributed by atoms with Gasteiger partial charge in [-0.15, -0.1) is 0 Å². The van der Waals surface area contributed by atoms with Crippen LogP contribution in [-0.4, -0.2) is 58.9 Å². The Balaban J connectivity index is 1.40. The van der Waals surface area contributed by atoms with E-state index in [1.54, 1.807) is 36.1 Å². The first-order chi connectivity index (χ1) is 15.9. The molecule has 170 valence electrons. The van der Waals surface area contributed by atoms with Crippen molar-refractivity contribution >= 4 is 29.1 Å². The molecule has 1 aromatic heterocycles. The second kappa shape index (κ2) is 9.61. The van der Waals surface area contributed by atoms with Crippen molar-refractivity contribution < 1.29 is 23.5 Å². The maximum atomic E-state index is 13.3. The Labute approximate surface area is 189 Å². The number of hydrogen-bond donors (Lipinski definition) is 3. The monoisotopic (exact) mass is 451 g/mol. The number of H-pyrrole nitrogens is 1. The van der Waals surface area contributed by atoms with E-state index in [-0.39, 0.29) is 23.2 Å². The molecule has 1 fully saturated rings. The molecule has 0 aliphatic carbocycles. The summed E-state index contributed by atoms with van der Waals surface area (Å²) in [6, 6.07) is 10.4. The van der Waals surface area contributed by atoms with E-state index in [0.29, 0.717) is 48.8 Å². The van der Waals surface area contributed by atoms with Gasteiger partial charge < -0.3 is 25.3 Å². The molecule has 10 heteroatoms. The Hall–Kier alpha value is -4.05. The SMILES string of the molecule is Cc1cc(F)ccc1C(=O)Nc1ccc(NC(=O)c2nc[nH]c2C(=O)N2CCOCC2)cc1. The number of hydrogen-bond acceptors (Lipinski definition) is 5. The fraction of sp³-hybridized carbons (Fsp3) is 0.217. The molecule has 9 nitrogen and oxygen atoms in total. The highest BCUT2D eigenvalue weighted by Crippen LogP contribution is 2.18. The summed E-state index contributed by atoms with van der Waals surface area (Å²) < 4.78 is 18.5. The van der Waals surface area contributed by atoms with Crippen LogP contribution < -0.4 is 10.6 Å². The van der Waals surface area contributed by atoms with Crippen molar-refractivity contribution in [2.75, 3.05) is 36.9 Å². The number of aromatic nitrogens is 2. The lowest BCUT2D eigenvalue weighted by molar-refractivity contribution is 0.0298. The van der Waals surface area contributed by atoms with Gasteiger partial charge >= 0.3 is 0 Å². The van der Waals surface area contributed by atoms with Gasteiger partial charge in [0.15, 0.2) is 5.69 Å². The van der Waals surface area contributed by atoms with Crippen LogP contribution in [0.2, 0.25) is 0 Å². The molecule has 2 heterocycles. The molecule has 1 saturated heterocycles. The first kappa shape index (κ1) is 22.2. The highest BCUT2D eigenvalue weighted by Gasteiger charge is 2.26. The number of amides is 3. The van der Waals surface area contributed by atoms with E-state index < -0.39 is 11.7 Å². The highest BCUT2D eigenvalue weighted by molar-refractivity contribution is 6.10. The van der Waals surface area contributed by atoms with E-state index >= 15 is 0 Å². The van der Waals surface area contributed by atoms with Gasteiger partial charge in [-0.3, -0.25) is 14.4 Å². The molecule has 33 heavy (non-hydrogen) atoms. The number of imidazole rings is 1. The lowest BCUT2D eigenvalue weighted by atomic mass is 10.1. The third kappa shape index (κ3) is 5.07. The van der Waals surface area contributed by atoms with Crippen molar-refractivity contribution in [1.82, 2.24) is 14.9 Å². The number of carbonyl (C=O) groups is 3. The van der Waals surface area contributed by atoms with Gasteiger partial charge in [-0.25, -0.2) is 9.37 Å². The Kier molecular flexibility index (Phi) is 6.45. The number of carbonyl (C=O) groups excluding carboxylic acids is 3. The van der Waals surface area contributed by atoms with E-state index in [0.717, 1.165) is 0 Å². The number of anilines is 2. The Morgan fingerprint density at radius 2 is 1.64 bits per heavy atom. The smallest absolute Gasteiger partial charge is 0.276 e. The molecule has 0 spiro atoms. The van der Waals surface area contributed by atoms with Crippen LogP contribution in [0.15, 0.2) is 48.8 Å². The predicted octanol–water partition coefficient (Wildman–Crippen LogP) is 2.83. The molecule has 0 saturated carbocycles. The maximum Gasteiger partial charge on any atom is 0.276 e. The van der Waals surface area contributed by atoms with Crippen molar-refractivity contribution in [3.8, 4) is 0 Å². The zero-order chi connectivity index (χ0) is 23.4. The number of ether oxygens (including phenoxy) is 1. The minimum Gasteiger partial charge on any atom is -0.378 e. The molecule has 3 N–H and O–H groups in total. The van der Waals surface area contributed by atoms with Crippen LogP contribution in [0.5, 0.6) is 0 Å². The highest BCUT2D eigenvalue weighted by atomic mass is 19.1. The lowest BCUT2D eigenvalue weighted by Gasteiger charge is -2.26. The van der Waals surface area contributed by atoms with Gasteiger partial charge in [0.25, 0.3) is 17.7 Å². The van der Waals surface area contributed by atoms with Gasteiger partial charge in [-0.1, -0.05) is 0 Å². The van der Waals surface area contributed by atoms with Crippen LogP contribution in [0, 0.1) is 12.7 Å². The van der Waals surface area contributed by atoms with Gasteiger partial charge in [0.05, 0.1) is 19.5 Å². The summed E-state index contributed by atoms with van der Waals surface area (Å²) in [5.41, 5.74) is 1.97. The topological polar surface area (TPSA) is 116 Å². The second-order valence-corrected chi connectivity index (χ2v) is 7.48. The molecule has 3 aromatic rings. The molecular weight excluding hydrogens is 429 g/mol. The first-order valence-electron chi connectivity index (χ1n) is 10.3. The predicted molar refractivity (Wildman–Crippen MR) is 119 cm³/mol. The molecule has 0 unspecified atom stereocenters. The Bertz CT molecular complexity index is 1190. The first-order valence-corrected chi connectivity index (χ1v) is 10.3. The number of aromatic amines is 1. The number of morpholine rings is 1. The van der Waals surface area contributed by atoms with Gasteiger partial charge in [0.2, 0.25) is 0 Å². The van der Waals surface area contributed by atoms with Crippen molar-refractivity contribution in [2.24, 2.45) is 0 Å². The van der Waals surface area contributed by atoms with E-state index in [1.165, 1.54) is 24.5 Å². The largest absolute Gasteiger partial charge is 0.378 e. The van der Waals surface area contributed by atoms with Gasteiger partial charge in [0, 0.05) is 30.0 Å². The fourth-order valence-electron chi connectivity index (χ4n) is 3.46. The Morgan fingerprint density at radius 3 is 2.27 bits per heavy atom. The van der Waals surface area contributed by atoms with Crippen molar-refractivity contribution in [3.05, 3.63) is 77.1 Å². The molecule has 0 bridgehead atoms. The van der Waals surface area contributed by atoms with Gasteiger partial charge in [-0.2, -0.15) is 0 Å². The standard InChI is InChI=1S/C23H22FN5O4/c1-14-12-15(24)2-7-18(14)21(30)27-16-3-5-17(6-4-16)28-22(31)19-20(26-13-25-19)23(32)29-8-10-33-11-9-29/h2-7,12-13H,8-11H2,1H3,(H,25,26)(H,27,30)(H,28,31). The average molecular weight is 451 g/mol. The normalized spacial score (nSPS) is 13.5. The van der Waals surface area contributed by atoms with Crippen LogP contribution in [0.1, 0.15) is 36.9 Å².